The standard InChI is InChI=1S/C9H20O2S/c1-4-8(2)9(3)6-5-7-12(10)11/h8-9H,4-7H2,1-3H3,(H,10,11)/p-1. The minimum atomic E-state index is -1.85. The maximum Gasteiger partial charge on any atom is 0.0102 e. The molecular formula is C9H19O2S-. The number of hydrogen-bond donors (Lipinski definition) is 0. The zero-order valence-electron chi connectivity index (χ0n) is 8.21. The minimum absolute atomic E-state index is 0.320. The lowest BCUT2D eigenvalue weighted by molar-refractivity contribution is 0.352. The van der Waals surface area contributed by atoms with Crippen LogP contribution in [0.1, 0.15) is 40.0 Å². The summed E-state index contributed by atoms with van der Waals surface area (Å²) in [6.07, 6.45) is 3.02. The van der Waals surface area contributed by atoms with Gasteiger partial charge < -0.3 is 4.55 Å². The molecule has 0 aromatic heterocycles. The van der Waals surface area contributed by atoms with Crippen molar-refractivity contribution in [3.8, 4) is 0 Å². The van der Waals surface area contributed by atoms with Crippen molar-refractivity contribution in [1.82, 2.24) is 0 Å². The van der Waals surface area contributed by atoms with E-state index < -0.39 is 11.1 Å². The van der Waals surface area contributed by atoms with Crippen molar-refractivity contribution in [3.63, 3.8) is 0 Å². The molecule has 3 atom stereocenters. The quantitative estimate of drug-likeness (QED) is 0.604. The summed E-state index contributed by atoms with van der Waals surface area (Å²) in [5.74, 6) is 1.68. The molecule has 0 radical (unpaired) electrons. The van der Waals surface area contributed by atoms with Crippen LogP contribution in [-0.2, 0) is 11.1 Å². The summed E-state index contributed by atoms with van der Waals surface area (Å²) in [4.78, 5) is 0. The topological polar surface area (TPSA) is 40.1 Å². The third-order valence-corrected chi connectivity index (χ3v) is 3.21. The predicted molar refractivity (Wildman–Crippen MR) is 51.6 cm³/mol. The van der Waals surface area contributed by atoms with E-state index in [0.717, 1.165) is 12.8 Å². The molecule has 12 heavy (non-hydrogen) atoms. The Bertz CT molecular complexity index is 136. The first kappa shape index (κ1) is 12.1. The Labute approximate surface area is 78.0 Å². The van der Waals surface area contributed by atoms with E-state index in [1.165, 1.54) is 6.42 Å². The fourth-order valence-corrected chi connectivity index (χ4v) is 1.61. The van der Waals surface area contributed by atoms with Gasteiger partial charge in [0.15, 0.2) is 0 Å². The number of rotatable bonds is 6. The van der Waals surface area contributed by atoms with Crippen LogP contribution in [0, 0.1) is 11.8 Å². The van der Waals surface area contributed by atoms with Gasteiger partial charge in [-0.05, 0) is 24.7 Å². The van der Waals surface area contributed by atoms with Gasteiger partial charge in [0.05, 0.1) is 0 Å². The van der Waals surface area contributed by atoms with Crippen molar-refractivity contribution in [1.29, 1.82) is 0 Å². The molecular weight excluding hydrogens is 172 g/mol. The van der Waals surface area contributed by atoms with E-state index in [1.807, 2.05) is 0 Å². The van der Waals surface area contributed by atoms with Gasteiger partial charge in [-0.1, -0.05) is 38.3 Å². The van der Waals surface area contributed by atoms with E-state index in [0.29, 0.717) is 17.6 Å². The molecule has 0 saturated carbocycles. The smallest absolute Gasteiger partial charge is 0.0102 e. The fraction of sp³-hybridized carbons (Fsp3) is 1.00. The molecule has 0 spiro atoms. The van der Waals surface area contributed by atoms with Gasteiger partial charge in [-0.25, -0.2) is 0 Å². The maximum atomic E-state index is 10.2. The zero-order chi connectivity index (χ0) is 9.56. The normalized spacial score (nSPS) is 18.7. The van der Waals surface area contributed by atoms with Crippen LogP contribution in [0.4, 0.5) is 0 Å². The first-order valence-electron chi connectivity index (χ1n) is 4.63. The Morgan fingerprint density at radius 2 is 1.92 bits per heavy atom. The molecule has 0 fully saturated rings. The van der Waals surface area contributed by atoms with Crippen LogP contribution in [0.25, 0.3) is 0 Å². The van der Waals surface area contributed by atoms with Crippen molar-refractivity contribution >= 4 is 11.1 Å². The molecule has 0 amide bonds. The number of hydrogen-bond acceptors (Lipinski definition) is 2. The van der Waals surface area contributed by atoms with Gasteiger partial charge in [0.1, 0.15) is 0 Å². The van der Waals surface area contributed by atoms with Crippen LogP contribution in [0.2, 0.25) is 0 Å². The lowest BCUT2D eigenvalue weighted by atomic mass is 9.90. The van der Waals surface area contributed by atoms with Crippen LogP contribution in [-0.4, -0.2) is 14.5 Å². The SMILES string of the molecule is CCC(C)C(C)CCCS(=O)[O-]. The van der Waals surface area contributed by atoms with Gasteiger partial charge in [0, 0.05) is 5.75 Å². The minimum Gasteiger partial charge on any atom is -0.772 e. The predicted octanol–water partition coefficient (Wildman–Crippen LogP) is 2.33. The molecule has 74 valence electrons. The maximum absolute atomic E-state index is 10.2. The fourth-order valence-electron chi connectivity index (χ4n) is 1.21. The second kappa shape index (κ2) is 6.61. The van der Waals surface area contributed by atoms with Crippen LogP contribution >= 0.6 is 0 Å². The Hall–Kier alpha value is 0.110. The van der Waals surface area contributed by atoms with E-state index >= 15 is 0 Å². The summed E-state index contributed by atoms with van der Waals surface area (Å²) in [7, 11) is 0. The molecule has 0 aliphatic heterocycles. The Morgan fingerprint density at radius 1 is 1.33 bits per heavy atom. The highest BCUT2D eigenvalue weighted by atomic mass is 32.2. The average Bonchev–Trinajstić information content (AvgIpc) is 2.02. The van der Waals surface area contributed by atoms with Crippen molar-refractivity contribution in [2.24, 2.45) is 11.8 Å². The van der Waals surface area contributed by atoms with E-state index in [-0.39, 0.29) is 0 Å². The molecule has 3 heteroatoms. The van der Waals surface area contributed by atoms with E-state index in [2.05, 4.69) is 20.8 Å². The van der Waals surface area contributed by atoms with E-state index in [4.69, 9.17) is 0 Å². The molecule has 0 aromatic carbocycles. The largest absolute Gasteiger partial charge is 0.772 e. The first-order chi connectivity index (χ1) is 5.57. The summed E-state index contributed by atoms with van der Waals surface area (Å²) >= 11 is -1.85. The molecule has 0 bridgehead atoms. The van der Waals surface area contributed by atoms with Crippen LogP contribution < -0.4 is 0 Å². The average molecular weight is 191 g/mol. The van der Waals surface area contributed by atoms with Gasteiger partial charge in [-0.15, -0.1) is 0 Å². The van der Waals surface area contributed by atoms with Crippen molar-refractivity contribution < 1.29 is 8.76 Å². The molecule has 3 unspecified atom stereocenters. The summed E-state index contributed by atoms with van der Waals surface area (Å²) in [6, 6.07) is 0. The van der Waals surface area contributed by atoms with Crippen LogP contribution in [0.3, 0.4) is 0 Å². The summed E-state index contributed by atoms with van der Waals surface area (Å²) in [6.45, 7) is 6.59. The molecule has 0 aliphatic rings. The molecule has 0 N–H and O–H groups in total. The second-order valence-corrected chi connectivity index (χ2v) is 4.53. The van der Waals surface area contributed by atoms with Crippen molar-refractivity contribution in [2.75, 3.05) is 5.75 Å². The highest BCUT2D eigenvalue weighted by Gasteiger charge is 2.08. The third kappa shape index (κ3) is 5.72. The summed E-state index contributed by atoms with van der Waals surface area (Å²) < 4.78 is 20.4. The third-order valence-electron chi connectivity index (χ3n) is 2.59. The van der Waals surface area contributed by atoms with E-state index in [9.17, 15) is 8.76 Å². The van der Waals surface area contributed by atoms with Gasteiger partial charge in [-0.3, -0.25) is 4.21 Å². The Balaban J connectivity index is 3.43. The zero-order valence-corrected chi connectivity index (χ0v) is 9.02. The first-order valence-corrected chi connectivity index (χ1v) is 5.88. The highest BCUT2D eigenvalue weighted by Crippen LogP contribution is 2.19. The lowest BCUT2D eigenvalue weighted by Gasteiger charge is -2.18. The highest BCUT2D eigenvalue weighted by molar-refractivity contribution is 7.79. The molecule has 2 nitrogen and oxygen atoms in total. The van der Waals surface area contributed by atoms with Crippen molar-refractivity contribution in [2.45, 2.75) is 40.0 Å². The Morgan fingerprint density at radius 3 is 2.33 bits per heavy atom. The van der Waals surface area contributed by atoms with Gasteiger partial charge in [0.2, 0.25) is 0 Å². The Kier molecular flexibility index (Phi) is 6.67. The molecule has 0 aliphatic carbocycles. The molecule has 0 aromatic rings. The van der Waals surface area contributed by atoms with Crippen LogP contribution in [0.15, 0.2) is 0 Å². The lowest BCUT2D eigenvalue weighted by Crippen LogP contribution is -2.08. The van der Waals surface area contributed by atoms with E-state index in [1.54, 1.807) is 0 Å². The van der Waals surface area contributed by atoms with Gasteiger partial charge in [-0.2, -0.15) is 0 Å². The second-order valence-electron chi connectivity index (χ2n) is 3.51. The van der Waals surface area contributed by atoms with Crippen molar-refractivity contribution in [3.05, 3.63) is 0 Å². The van der Waals surface area contributed by atoms with Gasteiger partial charge >= 0.3 is 0 Å². The molecule has 0 saturated heterocycles. The summed E-state index contributed by atoms with van der Waals surface area (Å²) in [5, 5.41) is 0. The molecule has 0 heterocycles. The monoisotopic (exact) mass is 191 g/mol. The van der Waals surface area contributed by atoms with Gasteiger partial charge in [0.25, 0.3) is 0 Å². The summed E-state index contributed by atoms with van der Waals surface area (Å²) in [5.41, 5.74) is 0. The molecule has 0 rings (SSSR count). The van der Waals surface area contributed by atoms with Crippen LogP contribution in [0.5, 0.6) is 0 Å².